The molecule has 0 saturated heterocycles. The molecule has 0 radical (unpaired) electrons. The van der Waals surface area contributed by atoms with E-state index >= 15 is 0 Å². The average Bonchev–Trinajstić information content (AvgIpc) is 2.84. The average molecular weight is 354 g/mol. The maximum Gasteiger partial charge on any atom is 0.341 e. The van der Waals surface area contributed by atoms with Crippen molar-refractivity contribution in [2.45, 2.75) is 0 Å². The monoisotopic (exact) mass is 354 g/mol. The van der Waals surface area contributed by atoms with Gasteiger partial charge < -0.3 is 15.2 Å². The number of carboxylic acids is 1. The van der Waals surface area contributed by atoms with Crippen LogP contribution in [-0.4, -0.2) is 47.4 Å². The first-order valence-corrected chi connectivity index (χ1v) is 7.59. The molecule has 1 aliphatic heterocycles. The summed E-state index contributed by atoms with van der Waals surface area (Å²) >= 11 is 0. The first kappa shape index (κ1) is 17.2. The van der Waals surface area contributed by atoms with E-state index in [0.717, 1.165) is 4.90 Å². The molecule has 0 aromatic heterocycles. The molecule has 2 aromatic carbocycles. The number of carbonyl (C=O) groups is 4. The molecule has 0 unspecified atom stereocenters. The summed E-state index contributed by atoms with van der Waals surface area (Å²) in [4.78, 5) is 47.8. The van der Waals surface area contributed by atoms with Gasteiger partial charge in [0, 0.05) is 24.4 Å². The maximum absolute atomic E-state index is 12.4. The van der Waals surface area contributed by atoms with Gasteiger partial charge in [-0.3, -0.25) is 19.3 Å². The number of anilines is 1. The standard InChI is InChI=1S/C18H14N2O6/c1-20-17(24)13-6-5-10(7-14(13)18(20)25)16(23)19-11-3-2-4-12(8-11)26-9-15(21)22/h2-8H,9H2,1H3,(H,19,23)(H,21,22). The number of carbonyl (C=O) groups excluding carboxylic acids is 3. The molecule has 132 valence electrons. The molecule has 8 heteroatoms. The van der Waals surface area contributed by atoms with Gasteiger partial charge in [-0.05, 0) is 30.3 Å². The van der Waals surface area contributed by atoms with E-state index in [-0.39, 0.29) is 16.7 Å². The molecule has 0 aliphatic carbocycles. The van der Waals surface area contributed by atoms with Crippen LogP contribution in [0.4, 0.5) is 5.69 Å². The molecule has 1 aliphatic rings. The highest BCUT2D eigenvalue weighted by Gasteiger charge is 2.33. The van der Waals surface area contributed by atoms with Crippen LogP contribution in [0.1, 0.15) is 31.1 Å². The lowest BCUT2D eigenvalue weighted by Gasteiger charge is -2.08. The summed E-state index contributed by atoms with van der Waals surface area (Å²) in [5.41, 5.74) is 1.07. The molecular formula is C18H14N2O6. The van der Waals surface area contributed by atoms with Crippen LogP contribution in [0.2, 0.25) is 0 Å². The predicted molar refractivity (Wildman–Crippen MR) is 90.4 cm³/mol. The van der Waals surface area contributed by atoms with Gasteiger partial charge in [0.15, 0.2) is 6.61 Å². The van der Waals surface area contributed by atoms with Crippen LogP contribution in [0.5, 0.6) is 5.75 Å². The molecule has 2 aromatic rings. The Labute approximate surface area is 148 Å². The summed E-state index contributed by atoms with van der Waals surface area (Å²) in [7, 11) is 1.38. The van der Waals surface area contributed by atoms with Crippen molar-refractivity contribution in [3.63, 3.8) is 0 Å². The van der Waals surface area contributed by atoms with Gasteiger partial charge in [0.1, 0.15) is 5.75 Å². The third kappa shape index (κ3) is 3.25. The molecule has 3 rings (SSSR count). The highest BCUT2D eigenvalue weighted by atomic mass is 16.5. The molecule has 26 heavy (non-hydrogen) atoms. The van der Waals surface area contributed by atoms with Gasteiger partial charge in [-0.1, -0.05) is 6.07 Å². The second-order valence-corrected chi connectivity index (χ2v) is 5.59. The molecule has 0 spiro atoms. The Balaban J connectivity index is 1.77. The fourth-order valence-electron chi connectivity index (χ4n) is 2.51. The minimum atomic E-state index is -1.11. The van der Waals surface area contributed by atoms with Crippen LogP contribution >= 0.6 is 0 Å². The number of nitrogens with zero attached hydrogens (tertiary/aromatic N) is 1. The van der Waals surface area contributed by atoms with Crippen molar-refractivity contribution in [1.29, 1.82) is 0 Å². The number of imide groups is 1. The number of carboxylic acid groups (broad SMARTS) is 1. The number of hydrogen-bond acceptors (Lipinski definition) is 5. The lowest BCUT2D eigenvalue weighted by atomic mass is 10.1. The van der Waals surface area contributed by atoms with Crippen molar-refractivity contribution in [2.24, 2.45) is 0 Å². The number of benzene rings is 2. The summed E-state index contributed by atoms with van der Waals surface area (Å²) in [6.45, 7) is -0.494. The van der Waals surface area contributed by atoms with E-state index in [0.29, 0.717) is 11.4 Å². The van der Waals surface area contributed by atoms with Gasteiger partial charge in [0.25, 0.3) is 17.7 Å². The summed E-state index contributed by atoms with van der Waals surface area (Å²) in [6.07, 6.45) is 0. The van der Waals surface area contributed by atoms with Crippen LogP contribution in [0.15, 0.2) is 42.5 Å². The van der Waals surface area contributed by atoms with E-state index in [4.69, 9.17) is 9.84 Å². The molecule has 1 heterocycles. The Morgan fingerprint density at radius 1 is 1.08 bits per heavy atom. The lowest BCUT2D eigenvalue weighted by molar-refractivity contribution is -0.139. The van der Waals surface area contributed by atoms with Crippen LogP contribution in [0.25, 0.3) is 0 Å². The number of rotatable bonds is 5. The number of ether oxygens (including phenoxy) is 1. The van der Waals surface area contributed by atoms with Gasteiger partial charge in [-0.2, -0.15) is 0 Å². The Hall–Kier alpha value is -3.68. The van der Waals surface area contributed by atoms with E-state index in [1.165, 1.54) is 31.3 Å². The minimum Gasteiger partial charge on any atom is -0.482 e. The quantitative estimate of drug-likeness (QED) is 0.789. The van der Waals surface area contributed by atoms with Gasteiger partial charge in [0.2, 0.25) is 0 Å². The topological polar surface area (TPSA) is 113 Å². The largest absolute Gasteiger partial charge is 0.482 e. The van der Waals surface area contributed by atoms with Crippen molar-refractivity contribution < 1.29 is 29.0 Å². The Morgan fingerprint density at radius 3 is 2.54 bits per heavy atom. The van der Waals surface area contributed by atoms with E-state index in [2.05, 4.69) is 5.32 Å². The zero-order valence-electron chi connectivity index (χ0n) is 13.7. The van der Waals surface area contributed by atoms with Gasteiger partial charge in [-0.15, -0.1) is 0 Å². The van der Waals surface area contributed by atoms with Crippen LogP contribution < -0.4 is 10.1 Å². The van der Waals surface area contributed by atoms with Gasteiger partial charge >= 0.3 is 5.97 Å². The second kappa shape index (κ2) is 6.67. The maximum atomic E-state index is 12.4. The Morgan fingerprint density at radius 2 is 1.81 bits per heavy atom. The smallest absolute Gasteiger partial charge is 0.341 e. The van der Waals surface area contributed by atoms with Gasteiger partial charge in [0.05, 0.1) is 11.1 Å². The fraction of sp³-hybridized carbons (Fsp3) is 0.111. The van der Waals surface area contributed by atoms with Crippen molar-refractivity contribution in [3.05, 3.63) is 59.2 Å². The molecule has 2 N–H and O–H groups in total. The third-order valence-electron chi connectivity index (χ3n) is 3.81. The third-order valence-corrected chi connectivity index (χ3v) is 3.81. The van der Waals surface area contributed by atoms with E-state index in [9.17, 15) is 19.2 Å². The van der Waals surface area contributed by atoms with Gasteiger partial charge in [-0.25, -0.2) is 4.79 Å². The highest BCUT2D eigenvalue weighted by molar-refractivity contribution is 6.22. The molecule has 8 nitrogen and oxygen atoms in total. The molecule has 0 saturated carbocycles. The molecule has 3 amide bonds. The number of nitrogens with one attached hydrogen (secondary N) is 1. The van der Waals surface area contributed by atoms with E-state index in [1.807, 2.05) is 0 Å². The summed E-state index contributed by atoms with van der Waals surface area (Å²) in [5, 5.41) is 11.3. The van der Waals surface area contributed by atoms with Crippen molar-refractivity contribution in [3.8, 4) is 5.75 Å². The Kier molecular flexibility index (Phi) is 4.40. The fourth-order valence-corrected chi connectivity index (χ4v) is 2.51. The highest BCUT2D eigenvalue weighted by Crippen LogP contribution is 2.24. The predicted octanol–water partition coefficient (Wildman–Crippen LogP) is 1.63. The molecule has 0 fully saturated rings. The molecular weight excluding hydrogens is 340 g/mol. The first-order valence-electron chi connectivity index (χ1n) is 7.59. The first-order chi connectivity index (χ1) is 12.4. The summed E-state index contributed by atoms with van der Waals surface area (Å²) < 4.78 is 5.06. The molecule has 0 atom stereocenters. The normalized spacial score (nSPS) is 12.7. The zero-order valence-corrected chi connectivity index (χ0v) is 13.7. The number of hydrogen-bond donors (Lipinski definition) is 2. The van der Waals surface area contributed by atoms with Crippen LogP contribution in [-0.2, 0) is 4.79 Å². The lowest BCUT2D eigenvalue weighted by Crippen LogP contribution is -2.24. The Bertz CT molecular complexity index is 937. The van der Waals surface area contributed by atoms with Crippen LogP contribution in [0.3, 0.4) is 0 Å². The zero-order chi connectivity index (χ0) is 18.8. The van der Waals surface area contributed by atoms with E-state index in [1.54, 1.807) is 18.2 Å². The SMILES string of the molecule is CN1C(=O)c2ccc(C(=O)Nc3cccc(OCC(=O)O)c3)cc2C1=O. The van der Waals surface area contributed by atoms with Crippen LogP contribution in [0, 0.1) is 0 Å². The van der Waals surface area contributed by atoms with Crippen molar-refractivity contribution in [1.82, 2.24) is 4.90 Å². The number of amides is 3. The second-order valence-electron chi connectivity index (χ2n) is 5.59. The number of fused-ring (bicyclic) bond motifs is 1. The number of aliphatic carboxylic acids is 1. The minimum absolute atomic E-state index is 0.184. The summed E-state index contributed by atoms with van der Waals surface area (Å²) in [5.74, 6) is -2.15. The van der Waals surface area contributed by atoms with Crippen molar-refractivity contribution in [2.75, 3.05) is 19.0 Å². The molecule has 0 bridgehead atoms. The summed E-state index contributed by atoms with van der Waals surface area (Å²) in [6, 6.07) is 10.5. The van der Waals surface area contributed by atoms with Crippen molar-refractivity contribution >= 4 is 29.4 Å². The van der Waals surface area contributed by atoms with E-state index < -0.39 is 30.3 Å².